The van der Waals surface area contributed by atoms with Gasteiger partial charge in [-0.15, -0.1) is 0 Å². The van der Waals surface area contributed by atoms with E-state index in [1.165, 1.54) is 12.1 Å². The van der Waals surface area contributed by atoms with Crippen LogP contribution in [0.4, 0.5) is 17.6 Å². The summed E-state index contributed by atoms with van der Waals surface area (Å²) in [6.45, 7) is 7.60. The van der Waals surface area contributed by atoms with Crippen molar-refractivity contribution in [2.75, 3.05) is 0 Å². The van der Waals surface area contributed by atoms with Crippen molar-refractivity contribution >= 4 is 28.5 Å². The Labute approximate surface area is 171 Å². The molecule has 0 atom stereocenters. The third-order valence-electron chi connectivity index (χ3n) is 4.88. The highest BCUT2D eigenvalue weighted by atomic mass is 79.9. The first kappa shape index (κ1) is 22.9. The molecule has 1 heterocycles. The second kappa shape index (κ2) is 8.97. The monoisotopic (exact) mass is 460 g/mol. The second-order valence-corrected chi connectivity index (χ2v) is 8.19. The quantitative estimate of drug-likeness (QED) is 0.394. The van der Waals surface area contributed by atoms with Gasteiger partial charge in [0, 0.05) is 15.6 Å². The molecule has 1 fully saturated rings. The van der Waals surface area contributed by atoms with E-state index in [2.05, 4.69) is 15.9 Å². The molecular formula is C20H22BBrF4O2. The van der Waals surface area contributed by atoms with Crippen molar-refractivity contribution in [3.63, 3.8) is 0 Å². The Morgan fingerprint density at radius 3 is 1.61 bits per heavy atom. The van der Waals surface area contributed by atoms with Crippen molar-refractivity contribution in [2.24, 2.45) is 0 Å². The molecule has 28 heavy (non-hydrogen) atoms. The van der Waals surface area contributed by atoms with Crippen molar-refractivity contribution in [2.45, 2.75) is 51.7 Å². The highest BCUT2D eigenvalue weighted by Crippen LogP contribution is 2.37. The van der Waals surface area contributed by atoms with E-state index in [0.717, 1.165) is 0 Å². The molecule has 3 rings (SSSR count). The zero-order valence-electron chi connectivity index (χ0n) is 16.1. The van der Waals surface area contributed by atoms with Crippen LogP contribution in [0.15, 0.2) is 53.0 Å². The van der Waals surface area contributed by atoms with Crippen LogP contribution in [0, 0.1) is 0 Å². The van der Waals surface area contributed by atoms with Gasteiger partial charge in [-0.05, 0) is 39.2 Å². The molecular weight excluding hydrogens is 439 g/mol. The number of benzene rings is 2. The molecule has 2 aromatic rings. The normalized spacial score (nSPS) is 17.6. The van der Waals surface area contributed by atoms with Gasteiger partial charge >= 0.3 is 7.12 Å². The summed E-state index contributed by atoms with van der Waals surface area (Å²) in [6.07, 6.45) is -4.92. The minimum atomic E-state index is -2.53. The Balaban J connectivity index is 0.000000237. The van der Waals surface area contributed by atoms with Crippen molar-refractivity contribution in [1.29, 1.82) is 0 Å². The summed E-state index contributed by atoms with van der Waals surface area (Å²) in [5.41, 5.74) is -0.621. The van der Waals surface area contributed by atoms with Gasteiger partial charge in [0.05, 0.1) is 11.2 Å². The number of alkyl halides is 4. The Morgan fingerprint density at radius 1 is 0.750 bits per heavy atom. The number of halogens is 5. The van der Waals surface area contributed by atoms with Gasteiger partial charge in [0.2, 0.25) is 0 Å². The summed E-state index contributed by atoms with van der Waals surface area (Å²) >= 11 is 3.02. The van der Waals surface area contributed by atoms with Gasteiger partial charge in [-0.25, -0.2) is 17.6 Å². The van der Waals surface area contributed by atoms with E-state index in [1.54, 1.807) is 36.4 Å². The van der Waals surface area contributed by atoms with E-state index in [4.69, 9.17) is 9.31 Å². The van der Waals surface area contributed by atoms with E-state index in [0.29, 0.717) is 9.94 Å². The SMILES string of the molecule is CC1(C)OB(c2ccccc2C(F)F)OC1(C)C.FC(F)c1ccccc1Br. The lowest BCUT2D eigenvalue weighted by atomic mass is 9.76. The standard InChI is InChI=1S/C13H17BF2O2.C7H5BrF2/c1-12(2)13(3,4)18-14(17-12)10-8-6-5-7-9(10)11(15)16;8-6-4-2-1-3-5(6)7(9)10/h5-8,11H,1-4H3;1-4,7H. The van der Waals surface area contributed by atoms with Crippen LogP contribution in [-0.2, 0) is 9.31 Å². The molecule has 0 bridgehead atoms. The molecule has 0 spiro atoms. The zero-order chi connectivity index (χ0) is 21.1. The van der Waals surface area contributed by atoms with Crippen molar-refractivity contribution in [1.82, 2.24) is 0 Å². The maximum absolute atomic E-state index is 13.0. The lowest BCUT2D eigenvalue weighted by molar-refractivity contribution is 0.00578. The average molecular weight is 461 g/mol. The first-order valence-corrected chi connectivity index (χ1v) is 9.51. The third-order valence-corrected chi connectivity index (χ3v) is 5.60. The summed E-state index contributed by atoms with van der Waals surface area (Å²) in [4.78, 5) is 0. The summed E-state index contributed by atoms with van der Waals surface area (Å²) in [5.74, 6) is 0. The van der Waals surface area contributed by atoms with Gasteiger partial charge in [-0.2, -0.15) is 0 Å². The topological polar surface area (TPSA) is 18.5 Å². The summed E-state index contributed by atoms with van der Waals surface area (Å²) in [5, 5.41) is 0. The molecule has 2 aromatic carbocycles. The van der Waals surface area contributed by atoms with E-state index in [9.17, 15) is 17.6 Å². The molecule has 0 radical (unpaired) electrons. The smallest absolute Gasteiger partial charge is 0.399 e. The van der Waals surface area contributed by atoms with Crippen LogP contribution >= 0.6 is 15.9 Å². The first-order valence-electron chi connectivity index (χ1n) is 8.71. The lowest BCUT2D eigenvalue weighted by Gasteiger charge is -2.32. The van der Waals surface area contributed by atoms with Crippen molar-refractivity contribution < 1.29 is 26.9 Å². The Kier molecular flexibility index (Phi) is 7.34. The maximum Gasteiger partial charge on any atom is 0.495 e. The largest absolute Gasteiger partial charge is 0.495 e. The molecule has 0 saturated carbocycles. The zero-order valence-corrected chi connectivity index (χ0v) is 17.6. The highest BCUT2D eigenvalue weighted by Gasteiger charge is 2.52. The van der Waals surface area contributed by atoms with Crippen molar-refractivity contribution in [3.8, 4) is 0 Å². The van der Waals surface area contributed by atoms with Crippen LogP contribution in [-0.4, -0.2) is 18.3 Å². The van der Waals surface area contributed by atoms with E-state index < -0.39 is 31.2 Å². The van der Waals surface area contributed by atoms with Gasteiger partial charge in [-0.3, -0.25) is 0 Å². The van der Waals surface area contributed by atoms with Gasteiger partial charge in [0.25, 0.3) is 12.9 Å². The van der Waals surface area contributed by atoms with Crippen LogP contribution in [0.1, 0.15) is 51.7 Å². The summed E-state index contributed by atoms with van der Waals surface area (Å²) in [6, 6.07) is 12.6. The molecule has 1 saturated heterocycles. The fourth-order valence-corrected chi connectivity index (χ4v) is 3.00. The molecule has 0 N–H and O–H groups in total. The Bertz CT molecular complexity index is 783. The fourth-order valence-electron chi connectivity index (χ4n) is 2.55. The van der Waals surface area contributed by atoms with Crippen LogP contribution in [0.5, 0.6) is 0 Å². The molecule has 0 aromatic heterocycles. The number of rotatable bonds is 3. The average Bonchev–Trinajstić information content (AvgIpc) is 2.83. The van der Waals surface area contributed by atoms with Crippen LogP contribution in [0.25, 0.3) is 0 Å². The Morgan fingerprint density at radius 2 is 1.18 bits per heavy atom. The molecule has 0 aliphatic carbocycles. The minimum Gasteiger partial charge on any atom is -0.399 e. The first-order chi connectivity index (χ1) is 13.0. The van der Waals surface area contributed by atoms with E-state index in [1.807, 2.05) is 27.7 Å². The van der Waals surface area contributed by atoms with Gasteiger partial charge in [-0.1, -0.05) is 58.4 Å². The minimum absolute atomic E-state index is 0.0315. The molecule has 8 heteroatoms. The molecule has 152 valence electrons. The molecule has 1 aliphatic heterocycles. The maximum atomic E-state index is 13.0. The number of hydrogen-bond acceptors (Lipinski definition) is 2. The molecule has 2 nitrogen and oxygen atoms in total. The predicted molar refractivity (Wildman–Crippen MR) is 106 cm³/mol. The van der Waals surface area contributed by atoms with Gasteiger partial charge in [0.1, 0.15) is 0 Å². The van der Waals surface area contributed by atoms with Gasteiger partial charge < -0.3 is 9.31 Å². The lowest BCUT2D eigenvalue weighted by Crippen LogP contribution is -2.41. The second-order valence-electron chi connectivity index (χ2n) is 7.34. The van der Waals surface area contributed by atoms with E-state index in [-0.39, 0.29) is 11.1 Å². The summed E-state index contributed by atoms with van der Waals surface area (Å²) in [7, 11) is -0.736. The van der Waals surface area contributed by atoms with Crippen LogP contribution < -0.4 is 5.46 Å². The molecule has 0 amide bonds. The van der Waals surface area contributed by atoms with Gasteiger partial charge in [0.15, 0.2) is 0 Å². The summed E-state index contributed by atoms with van der Waals surface area (Å²) < 4.78 is 61.9. The molecule has 0 unspecified atom stereocenters. The van der Waals surface area contributed by atoms with Crippen LogP contribution in [0.2, 0.25) is 0 Å². The predicted octanol–water partition coefficient (Wildman–Crippen LogP) is 6.31. The fraction of sp³-hybridized carbons (Fsp3) is 0.400. The Hall–Kier alpha value is -1.38. The van der Waals surface area contributed by atoms with Crippen LogP contribution in [0.3, 0.4) is 0 Å². The number of hydrogen-bond donors (Lipinski definition) is 0. The van der Waals surface area contributed by atoms with Crippen molar-refractivity contribution in [3.05, 3.63) is 64.1 Å². The van der Waals surface area contributed by atoms with E-state index >= 15 is 0 Å². The molecule has 1 aliphatic rings. The third kappa shape index (κ3) is 5.16. The highest BCUT2D eigenvalue weighted by molar-refractivity contribution is 9.10.